The van der Waals surface area contributed by atoms with Gasteiger partial charge in [-0.2, -0.15) is 0 Å². The first-order chi connectivity index (χ1) is 24.3. The third-order valence-corrected chi connectivity index (χ3v) is 11.3. The Labute approximate surface area is 311 Å². The topological polar surface area (TPSA) is 95.4 Å². The van der Waals surface area contributed by atoms with E-state index in [0.717, 1.165) is 59.8 Å². The number of hydrogen-bond donors (Lipinski definition) is 2. The van der Waals surface area contributed by atoms with E-state index < -0.39 is 6.04 Å². The first-order valence-corrected chi connectivity index (χ1v) is 19.1. The van der Waals surface area contributed by atoms with Crippen molar-refractivity contribution in [2.24, 2.45) is 0 Å². The molecule has 3 amide bonds. The van der Waals surface area contributed by atoms with Crippen LogP contribution >= 0.6 is 39.1 Å². The molecule has 50 heavy (non-hydrogen) atoms. The Hall–Kier alpha value is -3.44. The highest BCUT2D eigenvalue weighted by molar-refractivity contribution is 9.10. The molecular formula is C38H42BrCl2N7O2. The summed E-state index contributed by atoms with van der Waals surface area (Å²) in [6, 6.07) is 15.1. The average molecular weight is 780 g/mol. The van der Waals surface area contributed by atoms with Gasteiger partial charge in [0.25, 0.3) is 0 Å². The number of pyridine rings is 1. The fraction of sp³-hybridized carbons (Fsp3) is 0.421. The van der Waals surface area contributed by atoms with Gasteiger partial charge in [0.05, 0.1) is 24.1 Å². The molecule has 262 valence electrons. The standard InChI is InChI=1S/C38H42BrCl2N7O2/c39-28-20-27-7-6-26-21-30(41)12-13-32(26)36(35(27)44-22-28)46-18-19-48(38(50)45-31-4-2-1-3-5-31)34(23-46)37(49)43-15-14-33(47-17-16-42-24-47)25-8-10-29(40)11-9-25/h8-13,16-17,20-22,24,31,33-34,36H,1-7,14-15,18-19,23H2,(H,43,49)(H,45,50)/t33?,34-,36?/m1/s1. The summed E-state index contributed by atoms with van der Waals surface area (Å²) < 4.78 is 2.98. The Morgan fingerprint density at radius 3 is 2.52 bits per heavy atom. The van der Waals surface area contributed by atoms with Gasteiger partial charge in [0.1, 0.15) is 6.04 Å². The van der Waals surface area contributed by atoms with Crippen LogP contribution in [0.15, 0.2) is 77.9 Å². The molecule has 0 radical (unpaired) electrons. The Balaban J connectivity index is 1.15. The molecule has 2 aliphatic carbocycles. The van der Waals surface area contributed by atoms with Gasteiger partial charge < -0.3 is 20.1 Å². The van der Waals surface area contributed by atoms with E-state index in [1.807, 2.05) is 47.3 Å². The van der Waals surface area contributed by atoms with Crippen LogP contribution in [0.4, 0.5) is 4.79 Å². The maximum Gasteiger partial charge on any atom is 0.318 e. The molecule has 4 aromatic rings. The molecule has 7 rings (SSSR count). The van der Waals surface area contributed by atoms with E-state index in [1.54, 1.807) is 17.4 Å². The van der Waals surface area contributed by atoms with E-state index in [-0.39, 0.29) is 30.1 Å². The zero-order valence-corrected chi connectivity index (χ0v) is 31.0. The van der Waals surface area contributed by atoms with Gasteiger partial charge in [-0.05, 0) is 101 Å². The lowest BCUT2D eigenvalue weighted by molar-refractivity contribution is -0.127. The number of rotatable bonds is 8. The Morgan fingerprint density at radius 2 is 1.74 bits per heavy atom. The lowest BCUT2D eigenvalue weighted by Crippen LogP contribution is -2.63. The fourth-order valence-electron chi connectivity index (χ4n) is 7.87. The average Bonchev–Trinajstić information content (AvgIpc) is 3.61. The van der Waals surface area contributed by atoms with Crippen LogP contribution in [-0.4, -0.2) is 74.5 Å². The summed E-state index contributed by atoms with van der Waals surface area (Å²) in [7, 11) is 0. The number of hydrogen-bond acceptors (Lipinski definition) is 5. The van der Waals surface area contributed by atoms with E-state index in [9.17, 15) is 9.59 Å². The van der Waals surface area contributed by atoms with Gasteiger partial charge in [0, 0.05) is 65.3 Å². The van der Waals surface area contributed by atoms with Crippen LogP contribution < -0.4 is 10.6 Å². The first kappa shape index (κ1) is 35.0. The van der Waals surface area contributed by atoms with Crippen molar-refractivity contribution in [3.63, 3.8) is 0 Å². The second-order valence-corrected chi connectivity index (χ2v) is 15.4. The lowest BCUT2D eigenvalue weighted by Gasteiger charge is -2.44. The van der Waals surface area contributed by atoms with Crippen LogP contribution in [-0.2, 0) is 17.6 Å². The van der Waals surface area contributed by atoms with Crippen LogP contribution in [0, 0.1) is 0 Å². The zero-order chi connectivity index (χ0) is 34.6. The monoisotopic (exact) mass is 777 g/mol. The quantitative estimate of drug-likeness (QED) is 0.195. The Kier molecular flexibility index (Phi) is 11.1. The van der Waals surface area contributed by atoms with Gasteiger partial charge >= 0.3 is 6.03 Å². The normalized spacial score (nSPS) is 20.3. The smallest absolute Gasteiger partial charge is 0.318 e. The first-order valence-electron chi connectivity index (χ1n) is 17.6. The fourth-order valence-corrected chi connectivity index (χ4v) is 8.57. The van der Waals surface area contributed by atoms with E-state index >= 15 is 0 Å². The summed E-state index contributed by atoms with van der Waals surface area (Å²) >= 11 is 16.3. The number of carbonyl (C=O) groups is 2. The SMILES string of the molecule is O=C(NCCC(c1ccc(Cl)cc1)n1ccnc1)[C@H]1CN(C2c3ccc(Cl)cc3CCc3cc(Br)cnc32)CCN1C(=O)NC1CCCCC1. The maximum atomic E-state index is 14.3. The van der Waals surface area contributed by atoms with Crippen LogP contribution in [0.1, 0.15) is 78.6 Å². The van der Waals surface area contributed by atoms with Gasteiger partial charge in [-0.15, -0.1) is 0 Å². The van der Waals surface area contributed by atoms with E-state index in [0.29, 0.717) is 42.6 Å². The molecule has 2 aromatic heterocycles. The minimum Gasteiger partial charge on any atom is -0.354 e. The molecule has 2 unspecified atom stereocenters. The van der Waals surface area contributed by atoms with Crippen molar-refractivity contribution in [2.45, 2.75) is 75.5 Å². The number of aryl methyl sites for hydroxylation is 2. The van der Waals surface area contributed by atoms with Gasteiger partial charge in [0.2, 0.25) is 5.91 Å². The molecule has 1 aliphatic heterocycles. The highest BCUT2D eigenvalue weighted by Gasteiger charge is 2.41. The highest BCUT2D eigenvalue weighted by atomic mass is 79.9. The maximum absolute atomic E-state index is 14.3. The van der Waals surface area contributed by atoms with Crippen molar-refractivity contribution >= 4 is 51.1 Å². The van der Waals surface area contributed by atoms with Crippen LogP contribution in [0.25, 0.3) is 0 Å². The number of halogens is 3. The molecule has 0 bridgehead atoms. The minimum atomic E-state index is -0.688. The van der Waals surface area contributed by atoms with Crippen molar-refractivity contribution in [1.29, 1.82) is 0 Å². The Morgan fingerprint density at radius 1 is 0.960 bits per heavy atom. The summed E-state index contributed by atoms with van der Waals surface area (Å²) in [5, 5.41) is 7.87. The van der Waals surface area contributed by atoms with Gasteiger partial charge in [-0.25, -0.2) is 9.78 Å². The van der Waals surface area contributed by atoms with Crippen molar-refractivity contribution in [3.05, 3.63) is 116 Å². The number of nitrogens with one attached hydrogen (secondary N) is 2. The number of benzene rings is 2. The van der Waals surface area contributed by atoms with Gasteiger partial charge in [-0.1, -0.05) is 60.7 Å². The number of nitrogens with zero attached hydrogens (tertiary/aromatic N) is 5. The second kappa shape index (κ2) is 15.8. The largest absolute Gasteiger partial charge is 0.354 e. The number of urea groups is 1. The van der Waals surface area contributed by atoms with Crippen molar-refractivity contribution in [2.75, 3.05) is 26.2 Å². The van der Waals surface area contributed by atoms with Crippen molar-refractivity contribution in [1.82, 2.24) is 35.0 Å². The summed E-state index contributed by atoms with van der Waals surface area (Å²) in [4.78, 5) is 41.5. The Bertz CT molecular complexity index is 1750. The van der Waals surface area contributed by atoms with Crippen LogP contribution in [0.3, 0.4) is 0 Å². The van der Waals surface area contributed by atoms with Crippen LogP contribution in [0.2, 0.25) is 10.0 Å². The molecule has 1 saturated heterocycles. The summed E-state index contributed by atoms with van der Waals surface area (Å²) in [6.07, 6.45) is 15.0. The number of piperazine rings is 1. The van der Waals surface area contributed by atoms with Crippen LogP contribution in [0.5, 0.6) is 0 Å². The molecule has 0 spiro atoms. The number of fused-ring (bicyclic) bond motifs is 2. The van der Waals surface area contributed by atoms with Gasteiger partial charge in [0.15, 0.2) is 0 Å². The molecule has 9 nitrogen and oxygen atoms in total. The molecule has 2 N–H and O–H groups in total. The predicted molar refractivity (Wildman–Crippen MR) is 200 cm³/mol. The molecule has 2 aromatic carbocycles. The summed E-state index contributed by atoms with van der Waals surface area (Å²) in [6.45, 7) is 1.81. The summed E-state index contributed by atoms with van der Waals surface area (Å²) in [5.41, 5.74) is 5.56. The zero-order valence-electron chi connectivity index (χ0n) is 27.9. The van der Waals surface area contributed by atoms with E-state index in [4.69, 9.17) is 28.2 Å². The van der Waals surface area contributed by atoms with Crippen molar-refractivity contribution < 1.29 is 9.59 Å². The minimum absolute atomic E-state index is 0.0418. The summed E-state index contributed by atoms with van der Waals surface area (Å²) in [5.74, 6) is -0.164. The molecule has 1 saturated carbocycles. The predicted octanol–water partition coefficient (Wildman–Crippen LogP) is 7.36. The molecule has 3 atom stereocenters. The second-order valence-electron chi connectivity index (χ2n) is 13.6. The van der Waals surface area contributed by atoms with E-state index in [1.165, 1.54) is 17.5 Å². The molecule has 3 heterocycles. The molecular weight excluding hydrogens is 737 g/mol. The number of amides is 3. The molecule has 12 heteroatoms. The van der Waals surface area contributed by atoms with Crippen molar-refractivity contribution in [3.8, 4) is 0 Å². The third-order valence-electron chi connectivity index (χ3n) is 10.4. The number of aromatic nitrogens is 3. The lowest BCUT2D eigenvalue weighted by atomic mass is 9.94. The molecule has 3 aliphatic rings. The number of imidazole rings is 1. The highest BCUT2D eigenvalue weighted by Crippen LogP contribution is 2.38. The third kappa shape index (κ3) is 7.88. The van der Waals surface area contributed by atoms with Gasteiger partial charge in [-0.3, -0.25) is 14.7 Å². The van der Waals surface area contributed by atoms with E-state index in [2.05, 4.69) is 54.6 Å². The molecule has 2 fully saturated rings. The number of carbonyl (C=O) groups excluding carboxylic acids is 2.